The molecule has 0 heterocycles. The van der Waals surface area contributed by atoms with E-state index in [-0.39, 0.29) is 5.56 Å². The van der Waals surface area contributed by atoms with Crippen molar-refractivity contribution in [3.63, 3.8) is 0 Å². The van der Waals surface area contributed by atoms with E-state index in [1.165, 1.54) is 12.1 Å². The van der Waals surface area contributed by atoms with Gasteiger partial charge in [0, 0.05) is 9.13 Å². The molecule has 1 rings (SSSR count). The molecule has 0 bridgehead atoms. The number of halogens is 6. The molecular formula is C10H7F5INO4S. The molecule has 1 atom stereocenters. The molecule has 22 heavy (non-hydrogen) atoms. The number of alkyl halides is 5. The predicted octanol–water partition coefficient (Wildman–Crippen LogP) is 2.43. The number of carbonyl (C=O) groups excluding carboxylic acids is 1. The zero-order chi connectivity index (χ0) is 17.3. The first-order valence-corrected chi connectivity index (χ1v) is 7.76. The van der Waals surface area contributed by atoms with Gasteiger partial charge in [0.15, 0.2) is 0 Å². The molecule has 1 amide bonds. The van der Waals surface area contributed by atoms with Crippen LogP contribution >= 0.6 is 22.6 Å². The van der Waals surface area contributed by atoms with E-state index in [1.54, 1.807) is 0 Å². The molecule has 12 heteroatoms. The summed E-state index contributed by atoms with van der Waals surface area (Å²) in [5, 5.41) is -4.75. The fraction of sp³-hybridized carbons (Fsp3) is 0.300. The van der Waals surface area contributed by atoms with Gasteiger partial charge in [0.25, 0.3) is 5.91 Å². The second-order valence-corrected chi connectivity index (χ2v) is 6.73. The lowest BCUT2D eigenvalue weighted by Gasteiger charge is -2.27. The highest BCUT2D eigenvalue weighted by Gasteiger charge is 2.64. The fourth-order valence-corrected chi connectivity index (χ4v) is 2.17. The van der Waals surface area contributed by atoms with Crippen LogP contribution in [0, 0.1) is 3.57 Å². The van der Waals surface area contributed by atoms with Gasteiger partial charge < -0.3 is 5.32 Å². The molecule has 0 aliphatic rings. The normalized spacial score (nSPS) is 14.5. The average molecular weight is 459 g/mol. The van der Waals surface area contributed by atoms with Crippen molar-refractivity contribution in [1.82, 2.24) is 5.32 Å². The van der Waals surface area contributed by atoms with Crippen molar-refractivity contribution in [2.45, 2.75) is 17.5 Å². The van der Waals surface area contributed by atoms with Crippen LogP contribution in [0.25, 0.3) is 0 Å². The van der Waals surface area contributed by atoms with Gasteiger partial charge in [-0.25, -0.2) is 0 Å². The molecule has 1 unspecified atom stereocenters. The van der Waals surface area contributed by atoms with Crippen molar-refractivity contribution in [1.29, 1.82) is 0 Å². The van der Waals surface area contributed by atoms with Crippen LogP contribution in [0.1, 0.15) is 10.4 Å². The van der Waals surface area contributed by atoms with Crippen molar-refractivity contribution in [3.8, 4) is 0 Å². The smallest absolute Gasteiger partial charge is 0.334 e. The number of hydrogen-bond donors (Lipinski definition) is 2. The van der Waals surface area contributed by atoms with Gasteiger partial charge in [-0.3, -0.25) is 9.35 Å². The van der Waals surface area contributed by atoms with Crippen molar-refractivity contribution in [3.05, 3.63) is 33.4 Å². The molecule has 0 aliphatic heterocycles. The maximum atomic E-state index is 13.3. The van der Waals surface area contributed by atoms with Crippen molar-refractivity contribution in [2.24, 2.45) is 0 Å². The molecule has 0 spiro atoms. The van der Waals surface area contributed by atoms with Crippen LogP contribution < -0.4 is 5.32 Å². The van der Waals surface area contributed by atoms with Crippen molar-refractivity contribution < 1.29 is 39.7 Å². The quantitative estimate of drug-likeness (QED) is 0.412. The molecule has 2 N–H and O–H groups in total. The fourth-order valence-electron chi connectivity index (χ4n) is 1.32. The first-order valence-electron chi connectivity index (χ1n) is 5.25. The Morgan fingerprint density at radius 1 is 1.14 bits per heavy atom. The van der Waals surface area contributed by atoms with Gasteiger partial charge in [-0.15, -0.1) is 0 Å². The van der Waals surface area contributed by atoms with Gasteiger partial charge in [-0.05, 0) is 46.9 Å². The van der Waals surface area contributed by atoms with E-state index >= 15 is 0 Å². The van der Waals surface area contributed by atoms with E-state index in [9.17, 15) is 35.2 Å². The molecule has 0 saturated heterocycles. The summed E-state index contributed by atoms with van der Waals surface area (Å²) in [5.41, 5.74) is -0.388. The average Bonchev–Trinajstić information content (AvgIpc) is 2.33. The van der Waals surface area contributed by atoms with Gasteiger partial charge >= 0.3 is 21.5 Å². The minimum atomic E-state index is -6.39. The lowest BCUT2D eigenvalue weighted by molar-refractivity contribution is -0.191. The van der Waals surface area contributed by atoms with Crippen molar-refractivity contribution >= 4 is 38.6 Å². The molecule has 5 nitrogen and oxygen atoms in total. The minimum Gasteiger partial charge on any atom is -0.334 e. The summed E-state index contributed by atoms with van der Waals surface area (Å²) in [6, 6.07) is 0.700. The number of carbonyl (C=O) groups is 1. The molecule has 124 valence electrons. The topological polar surface area (TPSA) is 83.5 Å². The van der Waals surface area contributed by atoms with Crippen LogP contribution in [0.5, 0.6) is 0 Å². The summed E-state index contributed by atoms with van der Waals surface area (Å²) in [5.74, 6) is -1.57. The van der Waals surface area contributed by atoms with Gasteiger partial charge in [0.05, 0.1) is 0 Å². The highest BCUT2D eigenvalue weighted by molar-refractivity contribution is 14.1. The van der Waals surface area contributed by atoms with Crippen LogP contribution in [-0.4, -0.2) is 36.4 Å². The van der Waals surface area contributed by atoms with Crippen LogP contribution in [0.4, 0.5) is 22.0 Å². The van der Waals surface area contributed by atoms with Crippen molar-refractivity contribution in [2.75, 3.05) is 0 Å². The highest BCUT2D eigenvalue weighted by atomic mass is 127. The number of rotatable bonds is 4. The summed E-state index contributed by atoms with van der Waals surface area (Å²) in [4.78, 5) is 11.6. The lowest BCUT2D eigenvalue weighted by atomic mass is 10.2. The third kappa shape index (κ3) is 4.25. The van der Waals surface area contributed by atoms with E-state index in [0.717, 1.165) is 17.4 Å². The summed E-state index contributed by atoms with van der Waals surface area (Å²) in [6.45, 7) is 0. The second kappa shape index (κ2) is 6.23. The van der Waals surface area contributed by atoms with E-state index in [0.29, 0.717) is 3.57 Å². The van der Waals surface area contributed by atoms with Gasteiger partial charge in [-0.2, -0.15) is 30.4 Å². The summed E-state index contributed by atoms with van der Waals surface area (Å²) >= 11 is 1.84. The molecule has 1 aromatic rings. The number of benzene rings is 1. The summed E-state index contributed by atoms with van der Waals surface area (Å²) in [6.07, 6.45) is -5.81. The first kappa shape index (κ1) is 19.0. The van der Waals surface area contributed by atoms with Gasteiger partial charge in [-0.1, -0.05) is 0 Å². The Kier molecular flexibility index (Phi) is 5.39. The zero-order valence-corrected chi connectivity index (χ0v) is 13.2. The first-order chi connectivity index (χ1) is 9.76. The zero-order valence-electron chi connectivity index (χ0n) is 10.2. The third-order valence-electron chi connectivity index (χ3n) is 2.39. The standard InChI is InChI=1S/C10H7F5INO4S/c11-9(12,13)8(10(14,15)22(19,20)21)17-7(18)5-1-3-6(16)4-2-5/h1-4,8H,(H,17,18)(H,19,20,21). The largest absolute Gasteiger partial charge is 0.415 e. The number of nitrogens with one attached hydrogen (secondary N) is 1. The van der Waals surface area contributed by atoms with Crippen LogP contribution in [0.15, 0.2) is 24.3 Å². The lowest BCUT2D eigenvalue weighted by Crippen LogP contribution is -2.59. The highest BCUT2D eigenvalue weighted by Crippen LogP contribution is 2.35. The van der Waals surface area contributed by atoms with Crippen LogP contribution in [-0.2, 0) is 10.1 Å². The Morgan fingerprint density at radius 2 is 1.59 bits per heavy atom. The van der Waals surface area contributed by atoms with Gasteiger partial charge in [0.1, 0.15) is 0 Å². The monoisotopic (exact) mass is 459 g/mol. The minimum absolute atomic E-state index is 0.388. The molecule has 0 aromatic heterocycles. The molecule has 0 radical (unpaired) electrons. The number of amides is 1. The Balaban J connectivity index is 3.16. The van der Waals surface area contributed by atoms with E-state index in [1.807, 2.05) is 22.6 Å². The maximum Gasteiger partial charge on any atom is 0.415 e. The molecule has 1 aromatic carbocycles. The Hall–Kier alpha value is -1.02. The molecular weight excluding hydrogens is 452 g/mol. The SMILES string of the molecule is O=C(NC(C(F)(F)F)C(F)(F)S(=O)(=O)O)c1ccc(I)cc1. The number of hydrogen-bond acceptors (Lipinski definition) is 3. The molecule has 0 aliphatic carbocycles. The van der Waals surface area contributed by atoms with E-state index in [2.05, 4.69) is 0 Å². The Labute approximate surface area is 134 Å². The van der Waals surface area contributed by atoms with E-state index < -0.39 is 33.5 Å². The Morgan fingerprint density at radius 3 is 1.95 bits per heavy atom. The molecule has 0 fully saturated rings. The van der Waals surface area contributed by atoms with Gasteiger partial charge in [0.2, 0.25) is 6.04 Å². The molecule has 0 saturated carbocycles. The summed E-state index contributed by atoms with van der Waals surface area (Å²) in [7, 11) is -6.39. The second-order valence-electron chi connectivity index (χ2n) is 3.99. The van der Waals surface area contributed by atoms with Crippen LogP contribution in [0.2, 0.25) is 0 Å². The predicted molar refractivity (Wildman–Crippen MR) is 73.0 cm³/mol. The van der Waals surface area contributed by atoms with Crippen LogP contribution in [0.3, 0.4) is 0 Å². The third-order valence-corrected chi connectivity index (χ3v) is 4.03. The maximum absolute atomic E-state index is 13.3. The van der Waals surface area contributed by atoms with E-state index in [4.69, 9.17) is 4.55 Å². The Bertz CT molecular complexity index is 659. The summed E-state index contributed by atoms with van der Waals surface area (Å²) < 4.78 is 94.2.